The number of aliphatic hydroxyl groups excluding tert-OH is 1. The summed E-state index contributed by atoms with van der Waals surface area (Å²) in [5.41, 5.74) is -0.653. The van der Waals surface area contributed by atoms with Crippen molar-refractivity contribution >= 4 is 5.91 Å². The first-order chi connectivity index (χ1) is 9.97. The van der Waals surface area contributed by atoms with E-state index in [1.165, 1.54) is 12.0 Å². The highest BCUT2D eigenvalue weighted by Crippen LogP contribution is 2.24. The maximum absolute atomic E-state index is 13.9. The first-order valence-corrected chi connectivity index (χ1v) is 6.59. The van der Waals surface area contributed by atoms with Crippen LogP contribution in [0.25, 0.3) is 0 Å². The van der Waals surface area contributed by atoms with Crippen molar-refractivity contribution in [2.75, 3.05) is 26.8 Å². The minimum Gasteiger partial charge on any atom is -0.497 e. The van der Waals surface area contributed by atoms with E-state index in [1.807, 2.05) is 0 Å². The summed E-state index contributed by atoms with van der Waals surface area (Å²) in [5.74, 6) is -2.80. The molecular formula is C14H17F2NO4. The second kappa shape index (κ2) is 6.36. The van der Waals surface area contributed by atoms with Crippen LogP contribution in [0, 0.1) is 11.6 Å². The minimum absolute atomic E-state index is 0.00444. The number of amides is 1. The first-order valence-electron chi connectivity index (χ1n) is 6.59. The van der Waals surface area contributed by atoms with Crippen LogP contribution in [0.1, 0.15) is 17.3 Å². The van der Waals surface area contributed by atoms with Gasteiger partial charge in [-0.05, 0) is 6.92 Å². The molecule has 1 heterocycles. The molecule has 21 heavy (non-hydrogen) atoms. The van der Waals surface area contributed by atoms with Crippen molar-refractivity contribution in [1.82, 2.24) is 4.90 Å². The van der Waals surface area contributed by atoms with Crippen molar-refractivity contribution in [3.8, 4) is 5.75 Å². The Morgan fingerprint density at radius 3 is 2.52 bits per heavy atom. The summed E-state index contributed by atoms with van der Waals surface area (Å²) in [6.07, 6.45) is -1.40. The van der Waals surface area contributed by atoms with Crippen LogP contribution < -0.4 is 4.74 Å². The van der Waals surface area contributed by atoms with Gasteiger partial charge < -0.3 is 19.5 Å². The fourth-order valence-electron chi connectivity index (χ4n) is 2.33. The van der Waals surface area contributed by atoms with Crippen molar-refractivity contribution in [1.29, 1.82) is 0 Å². The quantitative estimate of drug-likeness (QED) is 0.908. The summed E-state index contributed by atoms with van der Waals surface area (Å²) in [6.45, 7) is 2.22. The zero-order valence-corrected chi connectivity index (χ0v) is 11.8. The number of carbonyl (C=O) groups excluding carboxylic acids is 1. The zero-order valence-electron chi connectivity index (χ0n) is 11.8. The molecule has 1 amide bonds. The normalized spacial score (nSPS) is 21.7. The van der Waals surface area contributed by atoms with Gasteiger partial charge in [0.25, 0.3) is 5.91 Å². The van der Waals surface area contributed by atoms with Crippen molar-refractivity contribution in [3.63, 3.8) is 0 Å². The van der Waals surface area contributed by atoms with Crippen LogP contribution in [-0.4, -0.2) is 54.9 Å². The number of likely N-dealkylation sites (tertiary alicyclic amines) is 1. The van der Waals surface area contributed by atoms with E-state index in [1.54, 1.807) is 6.92 Å². The summed E-state index contributed by atoms with van der Waals surface area (Å²) >= 11 is 0. The average molecular weight is 301 g/mol. The van der Waals surface area contributed by atoms with E-state index in [4.69, 9.17) is 9.47 Å². The Morgan fingerprint density at radius 1 is 1.38 bits per heavy atom. The molecule has 2 atom stereocenters. The highest BCUT2D eigenvalue weighted by molar-refractivity contribution is 5.95. The van der Waals surface area contributed by atoms with E-state index in [-0.39, 0.29) is 18.8 Å². The van der Waals surface area contributed by atoms with E-state index >= 15 is 0 Å². The van der Waals surface area contributed by atoms with Gasteiger partial charge in [-0.1, -0.05) is 0 Å². The molecule has 1 saturated heterocycles. The maximum atomic E-state index is 13.9. The second-order valence-electron chi connectivity index (χ2n) is 4.74. The number of rotatable bonds is 4. The fraction of sp³-hybridized carbons (Fsp3) is 0.500. The number of aliphatic hydroxyl groups is 1. The largest absolute Gasteiger partial charge is 0.497 e. The van der Waals surface area contributed by atoms with Crippen molar-refractivity contribution in [2.24, 2.45) is 0 Å². The molecule has 0 saturated carbocycles. The zero-order chi connectivity index (χ0) is 15.6. The minimum atomic E-state index is -0.994. The summed E-state index contributed by atoms with van der Waals surface area (Å²) < 4.78 is 37.8. The van der Waals surface area contributed by atoms with E-state index in [2.05, 4.69) is 0 Å². The smallest absolute Gasteiger partial charge is 0.260 e. The number of hydrogen-bond donors (Lipinski definition) is 1. The van der Waals surface area contributed by atoms with Gasteiger partial charge in [-0.2, -0.15) is 0 Å². The molecule has 0 aliphatic carbocycles. The molecule has 2 rings (SSSR count). The molecule has 0 radical (unpaired) electrons. The SMILES string of the molecule is CCO[C@H]1CN(C(=O)c2c(F)cc(OC)cc2F)C[C@@H]1O. The third kappa shape index (κ3) is 3.14. The van der Waals surface area contributed by atoms with Crippen molar-refractivity contribution < 1.29 is 28.2 Å². The third-order valence-electron chi connectivity index (χ3n) is 3.37. The van der Waals surface area contributed by atoms with E-state index < -0.39 is 35.3 Å². The molecule has 1 aromatic rings. The highest BCUT2D eigenvalue weighted by Gasteiger charge is 2.36. The average Bonchev–Trinajstić information content (AvgIpc) is 2.79. The Labute approximate surface area is 121 Å². The molecule has 1 aromatic carbocycles. The molecule has 7 heteroatoms. The molecule has 1 N–H and O–H groups in total. The topological polar surface area (TPSA) is 59.0 Å². The van der Waals surface area contributed by atoms with Gasteiger partial charge in [0.05, 0.1) is 13.2 Å². The van der Waals surface area contributed by atoms with Gasteiger partial charge in [-0.15, -0.1) is 0 Å². The maximum Gasteiger partial charge on any atom is 0.260 e. The lowest BCUT2D eigenvalue weighted by Crippen LogP contribution is -2.31. The number of halogens is 2. The summed E-state index contributed by atoms with van der Waals surface area (Å²) in [7, 11) is 1.28. The molecule has 0 spiro atoms. The van der Waals surface area contributed by atoms with Crippen LogP contribution in [0.5, 0.6) is 5.75 Å². The van der Waals surface area contributed by atoms with E-state index in [9.17, 15) is 18.7 Å². The molecule has 0 unspecified atom stereocenters. The van der Waals surface area contributed by atoms with Crippen molar-refractivity contribution in [3.05, 3.63) is 29.3 Å². The van der Waals surface area contributed by atoms with E-state index in [0.717, 1.165) is 12.1 Å². The Bertz CT molecular complexity index is 515. The molecule has 0 bridgehead atoms. The van der Waals surface area contributed by atoms with Crippen LogP contribution in [0.3, 0.4) is 0 Å². The molecule has 0 aromatic heterocycles. The van der Waals surface area contributed by atoms with Gasteiger partial charge in [-0.25, -0.2) is 8.78 Å². The van der Waals surface area contributed by atoms with Gasteiger partial charge in [0.1, 0.15) is 29.1 Å². The lowest BCUT2D eigenvalue weighted by molar-refractivity contribution is -0.00237. The summed E-state index contributed by atoms with van der Waals surface area (Å²) in [6, 6.07) is 1.89. The molecule has 5 nitrogen and oxygen atoms in total. The number of ether oxygens (including phenoxy) is 2. The molecule has 1 fully saturated rings. The fourth-order valence-corrected chi connectivity index (χ4v) is 2.33. The van der Waals surface area contributed by atoms with Gasteiger partial charge in [0, 0.05) is 31.8 Å². The number of β-amino-alcohol motifs (C(OH)–C–C–N with tert-alkyl or cyclic N) is 1. The van der Waals surface area contributed by atoms with Gasteiger partial charge in [-0.3, -0.25) is 4.79 Å². The van der Waals surface area contributed by atoms with Crippen LogP contribution in [0.2, 0.25) is 0 Å². The summed E-state index contributed by atoms with van der Waals surface area (Å²) in [4.78, 5) is 13.4. The number of hydrogen-bond acceptors (Lipinski definition) is 4. The molecule has 116 valence electrons. The molecule has 1 aliphatic heterocycles. The van der Waals surface area contributed by atoms with Crippen molar-refractivity contribution in [2.45, 2.75) is 19.1 Å². The third-order valence-corrected chi connectivity index (χ3v) is 3.37. The number of methoxy groups -OCH3 is 1. The van der Waals surface area contributed by atoms with Crippen LogP contribution in [0.4, 0.5) is 8.78 Å². The first kappa shape index (κ1) is 15.7. The van der Waals surface area contributed by atoms with Gasteiger partial charge in [0.2, 0.25) is 0 Å². The Morgan fingerprint density at radius 2 is 2.00 bits per heavy atom. The monoisotopic (exact) mass is 301 g/mol. The lowest BCUT2D eigenvalue weighted by Gasteiger charge is -2.17. The highest BCUT2D eigenvalue weighted by atomic mass is 19.1. The number of carbonyl (C=O) groups is 1. The van der Waals surface area contributed by atoms with Crippen LogP contribution in [0.15, 0.2) is 12.1 Å². The van der Waals surface area contributed by atoms with Gasteiger partial charge >= 0.3 is 0 Å². The van der Waals surface area contributed by atoms with Crippen LogP contribution in [-0.2, 0) is 4.74 Å². The number of benzene rings is 1. The number of nitrogens with zero attached hydrogens (tertiary/aromatic N) is 1. The Balaban J connectivity index is 2.22. The molecular weight excluding hydrogens is 284 g/mol. The van der Waals surface area contributed by atoms with Crippen LogP contribution >= 0.6 is 0 Å². The predicted molar refractivity (Wildman–Crippen MR) is 70.2 cm³/mol. The Hall–Kier alpha value is -1.73. The molecule has 1 aliphatic rings. The Kier molecular flexibility index (Phi) is 4.74. The second-order valence-corrected chi connectivity index (χ2v) is 4.74. The standard InChI is InChI=1S/C14H17F2NO4/c1-3-21-12-7-17(6-11(12)18)14(19)13-9(15)4-8(20-2)5-10(13)16/h4-5,11-12,18H,3,6-7H2,1-2H3/t11-,12-/m0/s1. The predicted octanol–water partition coefficient (Wildman–Crippen LogP) is 1.20. The lowest BCUT2D eigenvalue weighted by atomic mass is 10.1. The van der Waals surface area contributed by atoms with E-state index in [0.29, 0.717) is 6.61 Å². The summed E-state index contributed by atoms with van der Waals surface area (Å²) in [5, 5.41) is 9.78. The van der Waals surface area contributed by atoms with Gasteiger partial charge in [0.15, 0.2) is 0 Å².